The van der Waals surface area contributed by atoms with E-state index in [4.69, 9.17) is 15.6 Å². The predicted octanol–water partition coefficient (Wildman–Crippen LogP) is 2.84. The average molecular weight is 396 g/mol. The fourth-order valence-corrected chi connectivity index (χ4v) is 4.10. The maximum atomic E-state index is 9.92. The number of hydrogen-bond donors (Lipinski definition) is 3. The molecule has 1 aliphatic rings. The number of ether oxygens (including phenoxy) is 1. The Labute approximate surface area is 170 Å². The van der Waals surface area contributed by atoms with Crippen molar-refractivity contribution >= 4 is 17.3 Å². The maximum Gasteiger partial charge on any atom is 0.241 e. The van der Waals surface area contributed by atoms with E-state index in [1.807, 2.05) is 29.8 Å². The first kappa shape index (κ1) is 19.6. The third-order valence-corrected chi connectivity index (χ3v) is 5.54. The fourth-order valence-electron chi connectivity index (χ4n) is 4.10. The molecule has 3 heterocycles. The predicted molar refractivity (Wildman–Crippen MR) is 113 cm³/mol. The number of nitrogens with one attached hydrogen (secondary N) is 1. The van der Waals surface area contributed by atoms with Gasteiger partial charge >= 0.3 is 0 Å². The fraction of sp³-hybridized carbons (Fsp3) is 0.476. The van der Waals surface area contributed by atoms with Crippen LogP contribution in [-0.2, 0) is 4.74 Å². The molecule has 1 atom stereocenters. The second-order valence-corrected chi connectivity index (χ2v) is 7.84. The molecule has 0 spiro atoms. The lowest BCUT2D eigenvalue weighted by molar-refractivity contribution is 0.121. The van der Waals surface area contributed by atoms with Crippen molar-refractivity contribution in [2.75, 3.05) is 24.8 Å². The van der Waals surface area contributed by atoms with Gasteiger partial charge in [0.05, 0.1) is 24.4 Å². The van der Waals surface area contributed by atoms with Crippen molar-refractivity contribution in [1.82, 2.24) is 19.6 Å². The molecule has 0 unspecified atom stereocenters. The Bertz CT molecular complexity index is 980. The van der Waals surface area contributed by atoms with Gasteiger partial charge in [-0.3, -0.25) is 0 Å². The van der Waals surface area contributed by atoms with Gasteiger partial charge in [-0.25, -0.2) is 14.5 Å². The molecular formula is C21H28N6O2. The van der Waals surface area contributed by atoms with Gasteiger partial charge in [0.15, 0.2) is 0 Å². The maximum absolute atomic E-state index is 9.92. The molecule has 154 valence electrons. The molecule has 1 fully saturated rings. The van der Waals surface area contributed by atoms with Crippen molar-refractivity contribution in [3.63, 3.8) is 0 Å². The van der Waals surface area contributed by atoms with Gasteiger partial charge in [-0.15, -0.1) is 5.10 Å². The standard InChI is InChI=1S/C21H28N6O2/c1-13(12-29-2)25-21-24-11-19-17(15-7-8-23-20(22)9-15)10-18(27(19)26-21)14-3-5-16(28)6-4-14/h7-11,13-14,16,28H,3-6,12H2,1-2H3,(H2,22,23)(H,25,26)/t13-,14-,16-/m0/s1. The van der Waals surface area contributed by atoms with E-state index >= 15 is 0 Å². The van der Waals surface area contributed by atoms with Gasteiger partial charge in [0, 0.05) is 36.5 Å². The summed E-state index contributed by atoms with van der Waals surface area (Å²) in [5.74, 6) is 1.39. The van der Waals surface area contributed by atoms with Crippen LogP contribution >= 0.6 is 0 Å². The average Bonchev–Trinajstić information content (AvgIpc) is 3.08. The van der Waals surface area contributed by atoms with E-state index in [0.717, 1.165) is 48.0 Å². The Morgan fingerprint density at radius 2 is 2.07 bits per heavy atom. The topological polar surface area (TPSA) is 111 Å². The number of rotatable bonds is 6. The summed E-state index contributed by atoms with van der Waals surface area (Å²) in [5.41, 5.74) is 10.0. The van der Waals surface area contributed by atoms with Gasteiger partial charge in [0.1, 0.15) is 5.82 Å². The van der Waals surface area contributed by atoms with Gasteiger partial charge in [-0.05, 0) is 56.4 Å². The van der Waals surface area contributed by atoms with E-state index in [1.165, 1.54) is 0 Å². The van der Waals surface area contributed by atoms with E-state index < -0.39 is 0 Å². The van der Waals surface area contributed by atoms with Gasteiger partial charge in [0.25, 0.3) is 0 Å². The molecule has 1 saturated carbocycles. The summed E-state index contributed by atoms with van der Waals surface area (Å²) in [6.07, 6.45) is 6.89. The number of pyridine rings is 1. The smallest absolute Gasteiger partial charge is 0.241 e. The zero-order valence-corrected chi connectivity index (χ0v) is 16.9. The molecule has 4 N–H and O–H groups in total. The van der Waals surface area contributed by atoms with Crippen LogP contribution < -0.4 is 11.1 Å². The number of nitrogens with two attached hydrogens (primary N) is 1. The highest BCUT2D eigenvalue weighted by atomic mass is 16.5. The number of nitrogens with zero attached hydrogens (tertiary/aromatic N) is 4. The van der Waals surface area contributed by atoms with Crippen LogP contribution in [0.1, 0.15) is 44.2 Å². The number of anilines is 2. The Morgan fingerprint density at radius 3 is 2.79 bits per heavy atom. The Hall–Kier alpha value is -2.71. The minimum absolute atomic E-state index is 0.0979. The third-order valence-electron chi connectivity index (χ3n) is 5.54. The van der Waals surface area contributed by atoms with Crippen LogP contribution in [0.2, 0.25) is 0 Å². The lowest BCUT2D eigenvalue weighted by Crippen LogP contribution is -2.23. The number of aromatic nitrogens is 4. The molecule has 8 nitrogen and oxygen atoms in total. The molecule has 0 aliphatic heterocycles. The van der Waals surface area contributed by atoms with Crippen LogP contribution in [0.25, 0.3) is 16.6 Å². The molecule has 3 aromatic rings. The zero-order chi connectivity index (χ0) is 20.4. The number of fused-ring (bicyclic) bond motifs is 1. The van der Waals surface area contributed by atoms with Gasteiger partial charge in [-0.1, -0.05) is 0 Å². The first-order valence-electron chi connectivity index (χ1n) is 10.1. The van der Waals surface area contributed by atoms with E-state index in [1.54, 1.807) is 13.3 Å². The Kier molecular flexibility index (Phi) is 5.64. The van der Waals surface area contributed by atoms with E-state index in [0.29, 0.717) is 24.3 Å². The van der Waals surface area contributed by atoms with Crippen LogP contribution in [0.5, 0.6) is 0 Å². The van der Waals surface area contributed by atoms with Crippen LogP contribution in [0.15, 0.2) is 30.6 Å². The summed E-state index contributed by atoms with van der Waals surface area (Å²) in [7, 11) is 1.68. The van der Waals surface area contributed by atoms with Crippen molar-refractivity contribution in [3.8, 4) is 11.1 Å². The first-order chi connectivity index (χ1) is 14.0. The molecule has 0 aromatic carbocycles. The molecule has 0 bridgehead atoms. The third kappa shape index (κ3) is 4.18. The van der Waals surface area contributed by atoms with Gasteiger partial charge in [-0.2, -0.15) is 0 Å². The van der Waals surface area contributed by atoms with Crippen molar-refractivity contribution in [2.45, 2.75) is 50.7 Å². The molecule has 3 aromatic heterocycles. The number of hydrogen-bond acceptors (Lipinski definition) is 7. The first-order valence-corrected chi connectivity index (χ1v) is 10.1. The lowest BCUT2D eigenvalue weighted by Gasteiger charge is -2.25. The van der Waals surface area contributed by atoms with Crippen LogP contribution in [-0.4, -0.2) is 50.6 Å². The highest BCUT2D eigenvalue weighted by molar-refractivity contribution is 5.82. The number of methoxy groups -OCH3 is 1. The molecule has 1 aliphatic carbocycles. The Morgan fingerprint density at radius 1 is 1.28 bits per heavy atom. The summed E-state index contributed by atoms with van der Waals surface area (Å²) < 4.78 is 7.19. The number of nitrogen functional groups attached to an aromatic ring is 1. The number of aliphatic hydroxyl groups excluding tert-OH is 1. The van der Waals surface area contributed by atoms with Crippen molar-refractivity contribution in [2.24, 2.45) is 0 Å². The summed E-state index contributed by atoms with van der Waals surface area (Å²) >= 11 is 0. The molecule has 0 saturated heterocycles. The minimum atomic E-state index is -0.196. The lowest BCUT2D eigenvalue weighted by atomic mass is 9.85. The summed E-state index contributed by atoms with van der Waals surface area (Å²) in [6, 6.07) is 6.10. The van der Waals surface area contributed by atoms with Gasteiger partial charge in [0.2, 0.25) is 5.95 Å². The second kappa shape index (κ2) is 8.34. The normalized spacial score (nSPS) is 20.7. The van der Waals surface area contributed by atoms with Crippen LogP contribution in [0, 0.1) is 0 Å². The van der Waals surface area contributed by atoms with Crippen molar-refractivity contribution in [1.29, 1.82) is 0 Å². The molecular weight excluding hydrogens is 368 g/mol. The SMILES string of the molecule is COC[C@H](C)Nc1ncc2c(-c3ccnc(N)c3)cc([C@H]3CC[C@H](O)CC3)n2n1. The molecule has 0 radical (unpaired) electrons. The van der Waals surface area contributed by atoms with Crippen molar-refractivity contribution in [3.05, 3.63) is 36.3 Å². The highest BCUT2D eigenvalue weighted by Gasteiger charge is 2.25. The zero-order valence-electron chi connectivity index (χ0n) is 16.9. The van der Waals surface area contributed by atoms with Gasteiger partial charge < -0.3 is 20.9 Å². The van der Waals surface area contributed by atoms with Crippen LogP contribution in [0.4, 0.5) is 11.8 Å². The number of aliphatic hydroxyl groups is 1. The Balaban J connectivity index is 1.78. The summed E-state index contributed by atoms with van der Waals surface area (Å²) in [6.45, 7) is 2.60. The summed E-state index contributed by atoms with van der Waals surface area (Å²) in [5, 5.41) is 18.0. The van der Waals surface area contributed by atoms with Crippen molar-refractivity contribution < 1.29 is 9.84 Å². The molecule has 8 heteroatoms. The van der Waals surface area contributed by atoms with E-state index in [2.05, 4.69) is 21.4 Å². The highest BCUT2D eigenvalue weighted by Crippen LogP contribution is 2.37. The quantitative estimate of drug-likeness (QED) is 0.587. The molecule has 4 rings (SSSR count). The molecule has 0 amide bonds. The summed E-state index contributed by atoms with van der Waals surface area (Å²) in [4.78, 5) is 8.63. The molecule has 29 heavy (non-hydrogen) atoms. The van der Waals surface area contributed by atoms with Crippen LogP contribution in [0.3, 0.4) is 0 Å². The largest absolute Gasteiger partial charge is 0.393 e. The minimum Gasteiger partial charge on any atom is -0.393 e. The second-order valence-electron chi connectivity index (χ2n) is 7.84. The van der Waals surface area contributed by atoms with E-state index in [9.17, 15) is 5.11 Å². The van der Waals surface area contributed by atoms with E-state index in [-0.39, 0.29) is 12.1 Å². The monoisotopic (exact) mass is 396 g/mol.